The van der Waals surface area contributed by atoms with E-state index in [-0.39, 0.29) is 29.2 Å². The first-order chi connectivity index (χ1) is 14.4. The van der Waals surface area contributed by atoms with E-state index in [9.17, 15) is 14.4 Å². The number of rotatable bonds is 5. The smallest absolute Gasteiger partial charge is 0.359 e. The molecule has 0 unspecified atom stereocenters. The molecule has 1 amide bonds. The Bertz CT molecular complexity index is 1040. The van der Waals surface area contributed by atoms with Crippen LogP contribution in [-0.2, 0) is 16.6 Å². The van der Waals surface area contributed by atoms with Crippen molar-refractivity contribution in [2.75, 3.05) is 13.2 Å². The number of aromatic nitrogens is 2. The summed E-state index contributed by atoms with van der Waals surface area (Å²) in [6.45, 7) is 0.331. The maximum Gasteiger partial charge on any atom is 0.359 e. The number of hydrogen-bond donors (Lipinski definition) is 1. The fraction of sp³-hybridized carbons (Fsp3) is 0.565. The van der Waals surface area contributed by atoms with Crippen LogP contribution in [0.3, 0.4) is 0 Å². The van der Waals surface area contributed by atoms with Gasteiger partial charge in [-0.15, -0.1) is 0 Å². The quantitative estimate of drug-likeness (QED) is 0.766. The van der Waals surface area contributed by atoms with Crippen molar-refractivity contribution in [1.82, 2.24) is 15.1 Å². The third kappa shape index (κ3) is 3.40. The Labute approximate surface area is 174 Å². The predicted octanol–water partition coefficient (Wildman–Crippen LogP) is 2.42. The van der Waals surface area contributed by atoms with Crippen LogP contribution in [0.25, 0.3) is 10.8 Å². The van der Waals surface area contributed by atoms with E-state index >= 15 is 0 Å². The number of benzene rings is 1. The zero-order valence-electron chi connectivity index (χ0n) is 17.2. The molecular weight excluding hydrogens is 382 g/mol. The average molecular weight is 409 g/mol. The molecule has 4 aliphatic carbocycles. The monoisotopic (exact) mass is 409 g/mol. The van der Waals surface area contributed by atoms with Gasteiger partial charge in [-0.2, -0.15) is 5.10 Å². The van der Waals surface area contributed by atoms with E-state index < -0.39 is 5.97 Å². The number of hydrogen-bond acceptors (Lipinski definition) is 5. The summed E-state index contributed by atoms with van der Waals surface area (Å²) in [4.78, 5) is 37.2. The van der Waals surface area contributed by atoms with Gasteiger partial charge in [0.2, 0.25) is 0 Å². The van der Waals surface area contributed by atoms with Crippen molar-refractivity contribution in [2.24, 2.45) is 30.2 Å². The number of carbonyl (C=O) groups is 2. The first-order valence-corrected chi connectivity index (χ1v) is 10.8. The number of nitrogens with one attached hydrogen (secondary N) is 1. The number of fused-ring (bicyclic) bond motifs is 1. The largest absolute Gasteiger partial charge is 0.451 e. The van der Waals surface area contributed by atoms with Crippen molar-refractivity contribution in [1.29, 1.82) is 0 Å². The Balaban J connectivity index is 1.21. The molecule has 0 radical (unpaired) electrons. The van der Waals surface area contributed by atoms with Crippen LogP contribution in [0.1, 0.15) is 49.0 Å². The average Bonchev–Trinajstić information content (AvgIpc) is 2.72. The van der Waals surface area contributed by atoms with E-state index in [0.717, 1.165) is 22.4 Å². The van der Waals surface area contributed by atoms with Crippen molar-refractivity contribution in [3.8, 4) is 0 Å². The molecule has 6 rings (SSSR count). The first-order valence-electron chi connectivity index (χ1n) is 10.8. The van der Waals surface area contributed by atoms with Gasteiger partial charge in [0.25, 0.3) is 11.5 Å². The lowest BCUT2D eigenvalue weighted by molar-refractivity contribution is -0.126. The van der Waals surface area contributed by atoms with Gasteiger partial charge in [-0.1, -0.05) is 18.2 Å². The highest BCUT2D eigenvalue weighted by atomic mass is 16.5. The van der Waals surface area contributed by atoms with Gasteiger partial charge < -0.3 is 10.1 Å². The van der Waals surface area contributed by atoms with Crippen LogP contribution in [0, 0.1) is 23.2 Å². The van der Waals surface area contributed by atoms with Crippen LogP contribution < -0.4 is 10.9 Å². The second-order valence-corrected chi connectivity index (χ2v) is 9.59. The third-order valence-corrected chi connectivity index (χ3v) is 7.31. The maximum atomic E-state index is 12.6. The highest BCUT2D eigenvalue weighted by Gasteiger charge is 2.50. The molecular formula is C23H27N3O4. The zero-order chi connectivity index (χ0) is 20.9. The van der Waals surface area contributed by atoms with E-state index in [2.05, 4.69) is 10.4 Å². The molecule has 4 bridgehead atoms. The van der Waals surface area contributed by atoms with E-state index in [1.165, 1.54) is 45.6 Å². The molecule has 1 aromatic carbocycles. The Morgan fingerprint density at radius 3 is 2.33 bits per heavy atom. The molecule has 4 aliphatic rings. The summed E-state index contributed by atoms with van der Waals surface area (Å²) in [6, 6.07) is 6.77. The molecule has 0 saturated heterocycles. The molecule has 4 saturated carbocycles. The molecule has 2 aromatic rings. The van der Waals surface area contributed by atoms with Gasteiger partial charge in [0, 0.05) is 19.0 Å². The molecule has 7 heteroatoms. The van der Waals surface area contributed by atoms with Gasteiger partial charge in [-0.05, 0) is 67.8 Å². The van der Waals surface area contributed by atoms with Gasteiger partial charge in [0.1, 0.15) is 0 Å². The molecule has 30 heavy (non-hydrogen) atoms. The van der Waals surface area contributed by atoms with E-state index in [1.54, 1.807) is 24.3 Å². The number of carbonyl (C=O) groups excluding carboxylic acids is 2. The van der Waals surface area contributed by atoms with E-state index in [1.807, 2.05) is 0 Å². The maximum absolute atomic E-state index is 12.6. The van der Waals surface area contributed by atoms with Crippen LogP contribution in [0.15, 0.2) is 29.1 Å². The SMILES string of the molecule is Cn1nc(C(=O)OCC(=O)NCC23CC4CC(CC(C4)C2)C3)c2ccccc2c1=O. The molecule has 1 heterocycles. The minimum absolute atomic E-state index is 0.0431. The molecule has 1 aromatic heterocycles. The van der Waals surface area contributed by atoms with Crippen LogP contribution in [-0.4, -0.2) is 34.8 Å². The van der Waals surface area contributed by atoms with Gasteiger partial charge in [0.05, 0.1) is 5.39 Å². The molecule has 0 spiro atoms. The Morgan fingerprint density at radius 1 is 1.10 bits per heavy atom. The minimum atomic E-state index is -0.702. The van der Waals surface area contributed by atoms with Crippen LogP contribution in [0.4, 0.5) is 0 Å². The van der Waals surface area contributed by atoms with Crippen molar-refractivity contribution in [3.05, 3.63) is 40.3 Å². The zero-order valence-corrected chi connectivity index (χ0v) is 17.2. The van der Waals surface area contributed by atoms with Gasteiger partial charge in [-0.3, -0.25) is 9.59 Å². The highest BCUT2D eigenvalue weighted by molar-refractivity contribution is 6.02. The standard InChI is InChI=1S/C23H27N3O4/c1-26-21(28)18-5-3-2-4-17(18)20(25-26)22(29)30-12-19(27)24-13-23-9-14-6-15(10-23)8-16(7-14)11-23/h2-5,14-16H,6-13H2,1H3,(H,24,27). The van der Waals surface area contributed by atoms with E-state index in [4.69, 9.17) is 4.74 Å². The summed E-state index contributed by atoms with van der Waals surface area (Å²) in [7, 11) is 1.49. The molecule has 7 nitrogen and oxygen atoms in total. The lowest BCUT2D eigenvalue weighted by atomic mass is 9.49. The Morgan fingerprint density at radius 2 is 1.70 bits per heavy atom. The van der Waals surface area contributed by atoms with Crippen molar-refractivity contribution >= 4 is 22.6 Å². The lowest BCUT2D eigenvalue weighted by Gasteiger charge is -2.56. The van der Waals surface area contributed by atoms with Gasteiger partial charge in [-0.25, -0.2) is 9.48 Å². The van der Waals surface area contributed by atoms with Crippen molar-refractivity contribution in [2.45, 2.75) is 38.5 Å². The number of amides is 1. The topological polar surface area (TPSA) is 90.3 Å². The normalized spacial score (nSPS) is 29.2. The highest BCUT2D eigenvalue weighted by Crippen LogP contribution is 2.59. The third-order valence-electron chi connectivity index (χ3n) is 7.31. The first kappa shape index (κ1) is 19.3. The Hall–Kier alpha value is -2.70. The number of nitrogens with zero attached hydrogens (tertiary/aromatic N) is 2. The second kappa shape index (κ2) is 7.22. The minimum Gasteiger partial charge on any atom is -0.451 e. The lowest BCUT2D eigenvalue weighted by Crippen LogP contribution is -2.51. The number of aryl methyl sites for hydroxylation is 1. The molecule has 0 atom stereocenters. The fourth-order valence-electron chi connectivity index (χ4n) is 6.49. The van der Waals surface area contributed by atoms with Crippen molar-refractivity contribution in [3.63, 3.8) is 0 Å². The summed E-state index contributed by atoms with van der Waals surface area (Å²) in [5.41, 5.74) is 0.00112. The van der Waals surface area contributed by atoms with Crippen LogP contribution >= 0.6 is 0 Å². The molecule has 1 N–H and O–H groups in total. The predicted molar refractivity (Wildman–Crippen MR) is 111 cm³/mol. The van der Waals surface area contributed by atoms with Crippen LogP contribution in [0.2, 0.25) is 0 Å². The Kier molecular flexibility index (Phi) is 4.64. The van der Waals surface area contributed by atoms with E-state index in [0.29, 0.717) is 17.3 Å². The van der Waals surface area contributed by atoms with Crippen LogP contribution in [0.5, 0.6) is 0 Å². The summed E-state index contributed by atoms with van der Waals surface area (Å²) in [6.07, 6.45) is 7.75. The number of esters is 1. The molecule has 4 fully saturated rings. The van der Waals surface area contributed by atoms with Gasteiger partial charge >= 0.3 is 5.97 Å². The molecule has 158 valence electrons. The summed E-state index contributed by atoms with van der Waals surface area (Å²) in [5.74, 6) is 1.50. The summed E-state index contributed by atoms with van der Waals surface area (Å²) < 4.78 is 6.35. The summed E-state index contributed by atoms with van der Waals surface area (Å²) in [5, 5.41) is 7.89. The van der Waals surface area contributed by atoms with Gasteiger partial charge in [0.15, 0.2) is 12.3 Å². The molecule has 0 aliphatic heterocycles. The second-order valence-electron chi connectivity index (χ2n) is 9.59. The number of ether oxygens (including phenoxy) is 1. The van der Waals surface area contributed by atoms with Crippen molar-refractivity contribution < 1.29 is 14.3 Å². The fourth-order valence-corrected chi connectivity index (χ4v) is 6.49. The summed E-state index contributed by atoms with van der Waals surface area (Å²) >= 11 is 0.